The smallest absolute Gasteiger partial charge is 0.410 e. The summed E-state index contributed by atoms with van der Waals surface area (Å²) in [5.41, 5.74) is 2.48. The van der Waals surface area contributed by atoms with Gasteiger partial charge in [0.05, 0.1) is 23.7 Å². The Morgan fingerprint density at radius 1 is 1.21 bits per heavy atom. The second-order valence-corrected chi connectivity index (χ2v) is 9.48. The lowest BCUT2D eigenvalue weighted by Crippen LogP contribution is -2.41. The monoisotopic (exact) mass is 401 g/mol. The maximum Gasteiger partial charge on any atom is 0.410 e. The summed E-state index contributed by atoms with van der Waals surface area (Å²) in [5.74, 6) is 0. The van der Waals surface area contributed by atoms with Crippen LogP contribution in [0.2, 0.25) is 0 Å². The summed E-state index contributed by atoms with van der Waals surface area (Å²) in [4.78, 5) is 21.9. The highest BCUT2D eigenvalue weighted by atomic mass is 32.1. The van der Waals surface area contributed by atoms with Crippen molar-refractivity contribution < 1.29 is 14.6 Å². The third-order valence-corrected chi connectivity index (χ3v) is 6.25. The SMILES string of the molecule is CC(C)(C)OC(=O)N1Cc2nc(-c3ccc(N4CCCC4)cc3)sc2C(O)C1. The van der Waals surface area contributed by atoms with Crippen LogP contribution in [-0.4, -0.2) is 46.3 Å². The van der Waals surface area contributed by atoms with Crippen molar-refractivity contribution in [2.45, 2.75) is 51.9 Å². The van der Waals surface area contributed by atoms with E-state index in [1.165, 1.54) is 34.8 Å². The second kappa shape index (κ2) is 7.37. The van der Waals surface area contributed by atoms with Gasteiger partial charge in [-0.1, -0.05) is 0 Å². The number of hydrogen-bond acceptors (Lipinski definition) is 6. The van der Waals surface area contributed by atoms with E-state index in [0.29, 0.717) is 6.54 Å². The van der Waals surface area contributed by atoms with Crippen LogP contribution in [0.4, 0.5) is 10.5 Å². The Labute approximate surface area is 169 Å². The quantitative estimate of drug-likeness (QED) is 0.817. The summed E-state index contributed by atoms with van der Waals surface area (Å²) in [5, 5.41) is 11.4. The number of hydrogen-bond donors (Lipinski definition) is 1. The highest BCUT2D eigenvalue weighted by molar-refractivity contribution is 7.15. The number of aromatic nitrogens is 1. The molecule has 7 heteroatoms. The first-order valence-corrected chi connectivity index (χ1v) is 10.6. The summed E-state index contributed by atoms with van der Waals surface area (Å²) in [7, 11) is 0. The number of β-amino-alcohol motifs (C(OH)–C–C–N with tert-alkyl or cyclic N) is 1. The van der Waals surface area contributed by atoms with E-state index in [9.17, 15) is 9.90 Å². The second-order valence-electron chi connectivity index (χ2n) is 8.45. The molecule has 0 bridgehead atoms. The first-order chi connectivity index (χ1) is 13.3. The number of rotatable bonds is 2. The number of thiazole rings is 1. The molecule has 0 saturated carbocycles. The molecule has 0 spiro atoms. The predicted molar refractivity (Wildman–Crippen MR) is 111 cm³/mol. The van der Waals surface area contributed by atoms with E-state index in [4.69, 9.17) is 9.72 Å². The number of ether oxygens (including phenoxy) is 1. The van der Waals surface area contributed by atoms with Crippen molar-refractivity contribution in [2.24, 2.45) is 0 Å². The van der Waals surface area contributed by atoms with Gasteiger partial charge >= 0.3 is 6.09 Å². The number of aliphatic hydroxyl groups excluding tert-OH is 1. The van der Waals surface area contributed by atoms with E-state index >= 15 is 0 Å². The van der Waals surface area contributed by atoms with E-state index in [1.807, 2.05) is 20.8 Å². The van der Waals surface area contributed by atoms with E-state index in [0.717, 1.165) is 34.2 Å². The Bertz CT molecular complexity index is 851. The van der Waals surface area contributed by atoms with Gasteiger partial charge in [-0.15, -0.1) is 11.3 Å². The van der Waals surface area contributed by atoms with Crippen molar-refractivity contribution in [1.29, 1.82) is 0 Å². The lowest BCUT2D eigenvalue weighted by Gasteiger charge is -2.31. The Morgan fingerprint density at radius 2 is 1.89 bits per heavy atom. The summed E-state index contributed by atoms with van der Waals surface area (Å²) < 4.78 is 5.44. The fourth-order valence-electron chi connectivity index (χ4n) is 3.65. The molecule has 6 nitrogen and oxygen atoms in total. The standard InChI is InChI=1S/C21H27N3O3S/c1-21(2,3)27-20(26)24-12-16-18(17(25)13-24)28-19(22-16)14-6-8-15(9-7-14)23-10-4-5-11-23/h6-9,17,25H,4-5,10-13H2,1-3H3. The van der Waals surface area contributed by atoms with Crippen LogP contribution in [0.15, 0.2) is 24.3 Å². The highest BCUT2D eigenvalue weighted by Crippen LogP contribution is 2.37. The van der Waals surface area contributed by atoms with Crippen LogP contribution in [0.5, 0.6) is 0 Å². The van der Waals surface area contributed by atoms with Crippen molar-refractivity contribution in [3.63, 3.8) is 0 Å². The Hall–Kier alpha value is -2.12. The molecule has 1 amide bonds. The minimum Gasteiger partial charge on any atom is -0.444 e. The number of nitrogens with zero attached hydrogens (tertiary/aromatic N) is 3. The number of fused-ring (bicyclic) bond motifs is 1. The minimum atomic E-state index is -0.730. The van der Waals surface area contributed by atoms with E-state index in [2.05, 4.69) is 29.2 Å². The molecule has 0 aliphatic carbocycles. The molecule has 2 aliphatic rings. The molecule has 1 aromatic heterocycles. The van der Waals surface area contributed by atoms with E-state index in [1.54, 1.807) is 0 Å². The molecule has 1 saturated heterocycles. The van der Waals surface area contributed by atoms with Crippen LogP contribution in [0.3, 0.4) is 0 Å². The fourth-order valence-corrected chi connectivity index (χ4v) is 4.71. The minimum absolute atomic E-state index is 0.234. The van der Waals surface area contributed by atoms with Crippen LogP contribution >= 0.6 is 11.3 Å². The third kappa shape index (κ3) is 4.00. The highest BCUT2D eigenvalue weighted by Gasteiger charge is 2.32. The van der Waals surface area contributed by atoms with Crippen molar-refractivity contribution in [3.05, 3.63) is 34.8 Å². The normalized spacial score (nSPS) is 19.6. The van der Waals surface area contributed by atoms with Gasteiger partial charge in [0.2, 0.25) is 0 Å². The largest absolute Gasteiger partial charge is 0.444 e. The molecule has 2 aliphatic heterocycles. The molecule has 1 fully saturated rings. The molecule has 28 heavy (non-hydrogen) atoms. The van der Waals surface area contributed by atoms with Crippen LogP contribution < -0.4 is 4.90 Å². The molecule has 3 heterocycles. The maximum absolute atomic E-state index is 12.4. The molecule has 150 valence electrons. The molecule has 0 radical (unpaired) electrons. The number of carbonyl (C=O) groups is 1. The van der Waals surface area contributed by atoms with Crippen molar-refractivity contribution in [3.8, 4) is 10.6 Å². The molecular formula is C21H27N3O3S. The summed E-state index contributed by atoms with van der Waals surface area (Å²) in [6.07, 6.45) is 1.37. The fraction of sp³-hybridized carbons (Fsp3) is 0.524. The number of amides is 1. The lowest BCUT2D eigenvalue weighted by atomic mass is 10.1. The van der Waals surface area contributed by atoms with Gasteiger partial charge in [-0.25, -0.2) is 9.78 Å². The zero-order valence-electron chi connectivity index (χ0n) is 16.6. The average molecular weight is 402 g/mol. The first kappa shape index (κ1) is 19.2. The molecule has 1 atom stereocenters. The van der Waals surface area contributed by atoms with Gasteiger partial charge in [-0.05, 0) is 57.9 Å². The number of carbonyl (C=O) groups excluding carboxylic acids is 1. The molecule has 4 rings (SSSR count). The molecular weight excluding hydrogens is 374 g/mol. The average Bonchev–Trinajstić information content (AvgIpc) is 3.30. The molecule has 1 unspecified atom stereocenters. The Balaban J connectivity index is 1.52. The number of anilines is 1. The van der Waals surface area contributed by atoms with Crippen molar-refractivity contribution >= 4 is 23.1 Å². The number of benzene rings is 1. The topological polar surface area (TPSA) is 65.9 Å². The van der Waals surface area contributed by atoms with Crippen molar-refractivity contribution in [1.82, 2.24) is 9.88 Å². The maximum atomic E-state index is 12.4. The van der Waals surface area contributed by atoms with E-state index < -0.39 is 17.8 Å². The third-order valence-electron chi connectivity index (χ3n) is 5.00. The van der Waals surface area contributed by atoms with Crippen LogP contribution in [0.1, 0.15) is 50.3 Å². The predicted octanol–water partition coefficient (Wildman–Crippen LogP) is 4.19. The Kier molecular flexibility index (Phi) is 5.05. The summed E-state index contributed by atoms with van der Waals surface area (Å²) >= 11 is 1.51. The summed E-state index contributed by atoms with van der Waals surface area (Å²) in [6, 6.07) is 8.47. The van der Waals surface area contributed by atoms with Gasteiger partial charge in [0.15, 0.2) is 0 Å². The van der Waals surface area contributed by atoms with Gasteiger partial charge in [0, 0.05) is 24.3 Å². The lowest BCUT2D eigenvalue weighted by molar-refractivity contribution is 0.00845. The molecule has 2 aromatic rings. The molecule has 1 N–H and O–H groups in total. The van der Waals surface area contributed by atoms with Gasteiger partial charge < -0.3 is 14.7 Å². The van der Waals surface area contributed by atoms with Gasteiger partial charge in [-0.2, -0.15) is 0 Å². The zero-order valence-corrected chi connectivity index (χ0v) is 17.5. The van der Waals surface area contributed by atoms with Crippen molar-refractivity contribution in [2.75, 3.05) is 24.5 Å². The molecule has 1 aromatic carbocycles. The van der Waals surface area contributed by atoms with Gasteiger partial charge in [0.1, 0.15) is 16.7 Å². The zero-order chi connectivity index (χ0) is 19.9. The number of aliphatic hydroxyl groups is 1. The summed E-state index contributed by atoms with van der Waals surface area (Å²) in [6.45, 7) is 8.35. The van der Waals surface area contributed by atoms with Gasteiger partial charge in [-0.3, -0.25) is 4.90 Å². The van der Waals surface area contributed by atoms with Crippen LogP contribution in [0.25, 0.3) is 10.6 Å². The first-order valence-electron chi connectivity index (χ1n) is 9.81. The van der Waals surface area contributed by atoms with E-state index in [-0.39, 0.29) is 6.54 Å². The van der Waals surface area contributed by atoms with Crippen LogP contribution in [0, 0.1) is 0 Å². The van der Waals surface area contributed by atoms with Crippen LogP contribution in [-0.2, 0) is 11.3 Å². The Morgan fingerprint density at radius 3 is 2.54 bits per heavy atom. The van der Waals surface area contributed by atoms with Gasteiger partial charge in [0.25, 0.3) is 0 Å².